The van der Waals surface area contributed by atoms with E-state index in [4.69, 9.17) is 18.9 Å². The lowest BCUT2D eigenvalue weighted by atomic mass is 10.3. The molecule has 1 aromatic heterocycles. The van der Waals surface area contributed by atoms with Crippen molar-refractivity contribution in [1.82, 2.24) is 19.8 Å². The van der Waals surface area contributed by atoms with Gasteiger partial charge in [-0.2, -0.15) is 4.98 Å². The molecule has 2 unspecified atom stereocenters. The zero-order chi connectivity index (χ0) is 22.3. The normalized spacial score (nSPS) is 20.1. The van der Waals surface area contributed by atoms with Crippen LogP contribution in [0, 0.1) is 0 Å². The molecule has 0 spiro atoms. The molecule has 2 atom stereocenters. The van der Waals surface area contributed by atoms with Crippen molar-refractivity contribution in [3.63, 3.8) is 0 Å². The summed E-state index contributed by atoms with van der Waals surface area (Å²) in [7, 11) is 0. The lowest BCUT2D eigenvalue weighted by Crippen LogP contribution is -2.39. The predicted molar refractivity (Wildman–Crippen MR) is 117 cm³/mol. The Bertz CT molecular complexity index is 907. The number of aromatic nitrogens is 2. The van der Waals surface area contributed by atoms with E-state index in [9.17, 15) is 4.79 Å². The third-order valence-corrected chi connectivity index (χ3v) is 5.57. The van der Waals surface area contributed by atoms with Gasteiger partial charge in [0.15, 0.2) is 17.6 Å². The molecular weight excluding hydrogens is 412 g/mol. The van der Waals surface area contributed by atoms with Crippen LogP contribution in [0.15, 0.2) is 36.7 Å². The highest BCUT2D eigenvalue weighted by Crippen LogP contribution is 2.31. The van der Waals surface area contributed by atoms with Crippen LogP contribution in [-0.2, 0) is 4.79 Å². The minimum atomic E-state index is -0.233. The molecule has 9 nitrogen and oxygen atoms in total. The van der Waals surface area contributed by atoms with Crippen LogP contribution in [0.3, 0.4) is 0 Å². The second-order valence-corrected chi connectivity index (χ2v) is 7.83. The van der Waals surface area contributed by atoms with Crippen LogP contribution in [0.1, 0.15) is 20.3 Å². The van der Waals surface area contributed by atoms with E-state index in [0.717, 1.165) is 31.8 Å². The molecule has 9 heteroatoms. The largest absolute Gasteiger partial charge is 0.486 e. The van der Waals surface area contributed by atoms with Crippen molar-refractivity contribution in [3.05, 3.63) is 36.7 Å². The lowest BCUT2D eigenvalue weighted by molar-refractivity contribution is -0.131. The van der Waals surface area contributed by atoms with Gasteiger partial charge in [-0.15, -0.1) is 0 Å². The highest BCUT2D eigenvalue weighted by Gasteiger charge is 2.27. The summed E-state index contributed by atoms with van der Waals surface area (Å²) in [6.07, 6.45) is 3.70. The molecule has 0 aliphatic carbocycles. The van der Waals surface area contributed by atoms with Crippen LogP contribution < -0.4 is 18.9 Å². The Labute approximate surface area is 188 Å². The molecule has 0 N–H and O–H groups in total. The Hall–Kier alpha value is -3.07. The standard InChI is InChI=1S/C23H30N4O5/c1-3-27(4-2)23(28)14-26-10-9-17(13-26)32-22-12-24-11-21(25-22)30-16-18-15-29-19-7-5-6-8-20(19)31-18/h5-8,11-12,17-18H,3-4,9-10,13-16H2,1-2H3. The molecule has 2 aromatic rings. The first kappa shape index (κ1) is 22.1. The average Bonchev–Trinajstić information content (AvgIpc) is 3.25. The number of rotatable bonds is 9. The van der Waals surface area contributed by atoms with Gasteiger partial charge in [0, 0.05) is 26.2 Å². The summed E-state index contributed by atoms with van der Waals surface area (Å²) in [5.41, 5.74) is 0. The summed E-state index contributed by atoms with van der Waals surface area (Å²) in [6, 6.07) is 7.56. The molecule has 0 bridgehead atoms. The molecule has 1 fully saturated rings. The first-order chi connectivity index (χ1) is 15.6. The number of benzene rings is 1. The maximum Gasteiger partial charge on any atom is 0.236 e. The van der Waals surface area contributed by atoms with Crippen LogP contribution in [0.25, 0.3) is 0 Å². The van der Waals surface area contributed by atoms with Gasteiger partial charge in [0.1, 0.15) is 19.3 Å². The Kier molecular flexibility index (Phi) is 7.26. The average molecular weight is 443 g/mol. The lowest BCUT2D eigenvalue weighted by Gasteiger charge is -2.26. The number of ether oxygens (including phenoxy) is 4. The van der Waals surface area contributed by atoms with Gasteiger partial charge in [-0.1, -0.05) is 12.1 Å². The summed E-state index contributed by atoms with van der Waals surface area (Å²) in [5, 5.41) is 0. The molecule has 1 aromatic carbocycles. The number of hydrogen-bond donors (Lipinski definition) is 0. The van der Waals surface area contributed by atoms with Gasteiger partial charge in [-0.25, -0.2) is 0 Å². The summed E-state index contributed by atoms with van der Waals surface area (Å²) >= 11 is 0. The maximum absolute atomic E-state index is 12.3. The van der Waals surface area contributed by atoms with Crippen molar-refractivity contribution < 1.29 is 23.7 Å². The third kappa shape index (κ3) is 5.59. The van der Waals surface area contributed by atoms with Crippen molar-refractivity contribution >= 4 is 5.91 Å². The first-order valence-corrected chi connectivity index (χ1v) is 11.1. The van der Waals surface area contributed by atoms with E-state index < -0.39 is 0 Å². The minimum absolute atomic E-state index is 0.0318. The van der Waals surface area contributed by atoms with Gasteiger partial charge in [0.2, 0.25) is 17.7 Å². The highest BCUT2D eigenvalue weighted by atomic mass is 16.6. The number of carbonyl (C=O) groups excluding carboxylic acids is 1. The van der Waals surface area contributed by atoms with Crippen molar-refractivity contribution in [3.8, 4) is 23.3 Å². The van der Waals surface area contributed by atoms with Crippen molar-refractivity contribution in [2.75, 3.05) is 45.9 Å². The van der Waals surface area contributed by atoms with Crippen LogP contribution in [0.5, 0.6) is 23.3 Å². The third-order valence-electron chi connectivity index (χ3n) is 5.57. The molecule has 1 saturated heterocycles. The molecule has 0 radical (unpaired) electrons. The number of amides is 1. The number of hydrogen-bond acceptors (Lipinski definition) is 8. The van der Waals surface area contributed by atoms with E-state index in [-0.39, 0.29) is 24.7 Å². The van der Waals surface area contributed by atoms with Crippen LogP contribution in [-0.4, -0.2) is 83.8 Å². The number of para-hydroxylation sites is 2. The Morgan fingerprint density at radius 1 is 1.19 bits per heavy atom. The summed E-state index contributed by atoms with van der Waals surface area (Å²) in [6.45, 7) is 8.08. The quantitative estimate of drug-likeness (QED) is 0.583. The summed E-state index contributed by atoms with van der Waals surface area (Å²) in [4.78, 5) is 24.9. The second kappa shape index (κ2) is 10.5. The second-order valence-electron chi connectivity index (χ2n) is 7.83. The van der Waals surface area contributed by atoms with Gasteiger partial charge in [-0.3, -0.25) is 14.7 Å². The zero-order valence-corrected chi connectivity index (χ0v) is 18.6. The SMILES string of the molecule is CCN(CC)C(=O)CN1CCC(Oc2cncc(OCC3COc4ccccc4O3)n2)C1. The molecular formula is C23H30N4O5. The van der Waals surface area contributed by atoms with Crippen LogP contribution in [0.4, 0.5) is 0 Å². The van der Waals surface area contributed by atoms with Crippen molar-refractivity contribution in [2.24, 2.45) is 0 Å². The maximum atomic E-state index is 12.3. The van der Waals surface area contributed by atoms with Crippen LogP contribution in [0.2, 0.25) is 0 Å². The van der Waals surface area contributed by atoms with E-state index >= 15 is 0 Å². The van der Waals surface area contributed by atoms with E-state index in [1.54, 1.807) is 12.4 Å². The zero-order valence-electron chi connectivity index (χ0n) is 18.6. The smallest absolute Gasteiger partial charge is 0.236 e. The minimum Gasteiger partial charge on any atom is -0.486 e. The molecule has 0 saturated carbocycles. The van der Waals surface area contributed by atoms with Gasteiger partial charge in [0.05, 0.1) is 18.9 Å². The predicted octanol–water partition coefficient (Wildman–Crippen LogP) is 2.02. The molecule has 1 amide bonds. The molecule has 2 aliphatic heterocycles. The molecule has 3 heterocycles. The van der Waals surface area contributed by atoms with E-state index in [1.807, 2.05) is 43.0 Å². The fraction of sp³-hybridized carbons (Fsp3) is 0.522. The Balaban J connectivity index is 1.24. The number of fused-ring (bicyclic) bond motifs is 1. The number of likely N-dealkylation sites (tertiary alicyclic amines) is 1. The molecule has 32 heavy (non-hydrogen) atoms. The Morgan fingerprint density at radius 2 is 1.97 bits per heavy atom. The number of nitrogens with zero attached hydrogens (tertiary/aromatic N) is 4. The molecule has 172 valence electrons. The number of carbonyl (C=O) groups is 1. The van der Waals surface area contributed by atoms with Gasteiger partial charge in [0.25, 0.3) is 0 Å². The van der Waals surface area contributed by atoms with Crippen LogP contribution >= 0.6 is 0 Å². The van der Waals surface area contributed by atoms with E-state index in [2.05, 4.69) is 14.9 Å². The van der Waals surface area contributed by atoms with Crippen molar-refractivity contribution in [2.45, 2.75) is 32.5 Å². The first-order valence-electron chi connectivity index (χ1n) is 11.1. The number of likely N-dealkylation sites (N-methyl/N-ethyl adjacent to an activating group) is 1. The topological polar surface area (TPSA) is 86.3 Å². The fourth-order valence-electron chi connectivity index (χ4n) is 3.86. The summed E-state index contributed by atoms with van der Waals surface area (Å²) < 4.78 is 23.4. The summed E-state index contributed by atoms with van der Waals surface area (Å²) in [5.74, 6) is 2.39. The van der Waals surface area contributed by atoms with Crippen molar-refractivity contribution in [1.29, 1.82) is 0 Å². The van der Waals surface area contributed by atoms with E-state index in [1.165, 1.54) is 0 Å². The fourth-order valence-corrected chi connectivity index (χ4v) is 3.86. The molecule has 4 rings (SSSR count). The van der Waals surface area contributed by atoms with Gasteiger partial charge < -0.3 is 23.8 Å². The molecule has 2 aliphatic rings. The monoisotopic (exact) mass is 442 g/mol. The Morgan fingerprint density at radius 3 is 2.78 bits per heavy atom. The van der Waals surface area contributed by atoms with Gasteiger partial charge in [-0.05, 0) is 32.4 Å². The highest BCUT2D eigenvalue weighted by molar-refractivity contribution is 5.78. The van der Waals surface area contributed by atoms with E-state index in [0.29, 0.717) is 37.2 Å². The van der Waals surface area contributed by atoms with Gasteiger partial charge >= 0.3 is 0 Å².